The predicted octanol–water partition coefficient (Wildman–Crippen LogP) is 2.49. The van der Waals surface area contributed by atoms with Crippen LogP contribution < -0.4 is 11.2 Å². The summed E-state index contributed by atoms with van der Waals surface area (Å²) in [6.07, 6.45) is 6.13. The largest absolute Gasteiger partial charge is 0.463 e. The van der Waals surface area contributed by atoms with Crippen molar-refractivity contribution in [3.63, 3.8) is 0 Å². The minimum absolute atomic E-state index is 0.377. The number of hydrogen-bond donors (Lipinski definition) is 1. The molecule has 1 aromatic heterocycles. The predicted molar refractivity (Wildman–Crippen MR) is 96.4 cm³/mol. The minimum Gasteiger partial charge on any atom is -0.463 e. The van der Waals surface area contributed by atoms with Crippen LogP contribution in [0.15, 0.2) is 58.8 Å². The summed E-state index contributed by atoms with van der Waals surface area (Å²) in [7, 11) is 0. The van der Waals surface area contributed by atoms with E-state index in [1.165, 1.54) is 4.57 Å². The number of ether oxygens (including phenoxy) is 1. The van der Waals surface area contributed by atoms with Gasteiger partial charge in [0.1, 0.15) is 0 Å². The molecule has 0 atom stereocenters. The maximum absolute atomic E-state index is 12.0. The number of aromatic amines is 1. The summed E-state index contributed by atoms with van der Waals surface area (Å²) in [5, 5.41) is 0. The zero-order valence-corrected chi connectivity index (χ0v) is 14.1. The Hall–Kier alpha value is -2.89. The fourth-order valence-electron chi connectivity index (χ4n) is 2.47. The molecule has 0 bridgehead atoms. The average molecular weight is 342 g/mol. The van der Waals surface area contributed by atoms with Gasteiger partial charge in [0.25, 0.3) is 5.56 Å². The standard InChI is InChI=1S/C19H22N2O4/c1-2-17(22)25-13-9-4-3-8-12-21-14-16(18(23)20-19(21)24)15-10-6-5-7-11-15/h2,5-7,10-11,14H,1,3-4,8-9,12-13H2,(H,20,23,24). The van der Waals surface area contributed by atoms with Crippen LogP contribution in [0.1, 0.15) is 25.7 Å². The van der Waals surface area contributed by atoms with Gasteiger partial charge in [0.2, 0.25) is 0 Å². The Morgan fingerprint density at radius 3 is 2.56 bits per heavy atom. The number of hydrogen-bond acceptors (Lipinski definition) is 4. The van der Waals surface area contributed by atoms with E-state index in [2.05, 4.69) is 11.6 Å². The van der Waals surface area contributed by atoms with Crippen LogP contribution in [0.3, 0.4) is 0 Å². The Morgan fingerprint density at radius 2 is 1.84 bits per heavy atom. The number of benzene rings is 1. The summed E-state index contributed by atoms with van der Waals surface area (Å²) < 4.78 is 6.43. The third kappa shape index (κ3) is 5.60. The first kappa shape index (κ1) is 18.4. The van der Waals surface area contributed by atoms with Crippen LogP contribution in [-0.2, 0) is 16.1 Å². The third-order valence-corrected chi connectivity index (χ3v) is 3.80. The Balaban J connectivity index is 1.88. The summed E-state index contributed by atoms with van der Waals surface area (Å²) in [4.78, 5) is 37.2. The van der Waals surface area contributed by atoms with Gasteiger partial charge in [-0.2, -0.15) is 0 Å². The summed E-state index contributed by atoms with van der Waals surface area (Å²) in [6, 6.07) is 9.25. The van der Waals surface area contributed by atoms with Crippen LogP contribution in [0.5, 0.6) is 0 Å². The first-order valence-electron chi connectivity index (χ1n) is 8.30. The molecule has 0 saturated heterocycles. The average Bonchev–Trinajstić information content (AvgIpc) is 2.62. The van der Waals surface area contributed by atoms with Crippen molar-refractivity contribution in [2.75, 3.05) is 6.61 Å². The van der Waals surface area contributed by atoms with Gasteiger partial charge in [-0.1, -0.05) is 43.3 Å². The van der Waals surface area contributed by atoms with E-state index >= 15 is 0 Å². The maximum atomic E-state index is 12.0. The zero-order valence-electron chi connectivity index (χ0n) is 14.1. The number of aromatic nitrogens is 2. The fraction of sp³-hybridized carbons (Fsp3) is 0.316. The molecular formula is C19H22N2O4. The van der Waals surface area contributed by atoms with E-state index in [9.17, 15) is 14.4 Å². The van der Waals surface area contributed by atoms with E-state index < -0.39 is 11.7 Å². The highest BCUT2D eigenvalue weighted by Gasteiger charge is 2.06. The number of nitrogens with one attached hydrogen (secondary N) is 1. The molecule has 2 rings (SSSR count). The first-order chi connectivity index (χ1) is 12.1. The van der Waals surface area contributed by atoms with E-state index in [1.54, 1.807) is 6.20 Å². The van der Waals surface area contributed by atoms with Gasteiger partial charge in [-0.15, -0.1) is 0 Å². The van der Waals surface area contributed by atoms with Gasteiger partial charge >= 0.3 is 11.7 Å². The Morgan fingerprint density at radius 1 is 1.12 bits per heavy atom. The summed E-state index contributed by atoms with van der Waals surface area (Å²) >= 11 is 0. The molecule has 0 aliphatic heterocycles. The molecular weight excluding hydrogens is 320 g/mol. The number of rotatable bonds is 9. The van der Waals surface area contributed by atoms with Crippen molar-refractivity contribution < 1.29 is 9.53 Å². The van der Waals surface area contributed by atoms with Crippen molar-refractivity contribution in [1.29, 1.82) is 0 Å². The molecule has 132 valence electrons. The van der Waals surface area contributed by atoms with Crippen LogP contribution in [0.2, 0.25) is 0 Å². The molecule has 2 aromatic rings. The highest BCUT2D eigenvalue weighted by molar-refractivity contribution is 5.81. The number of esters is 1. The second-order valence-electron chi connectivity index (χ2n) is 5.65. The molecule has 0 unspecified atom stereocenters. The van der Waals surface area contributed by atoms with E-state index in [4.69, 9.17) is 4.74 Å². The molecule has 1 heterocycles. The molecule has 6 heteroatoms. The number of carbonyl (C=O) groups is 1. The number of aryl methyl sites for hydroxylation is 1. The molecule has 0 fully saturated rings. The van der Waals surface area contributed by atoms with Gasteiger partial charge in [-0.25, -0.2) is 9.59 Å². The van der Waals surface area contributed by atoms with E-state index in [0.717, 1.165) is 37.3 Å². The Kier molecular flexibility index (Phi) is 6.95. The van der Waals surface area contributed by atoms with Crippen molar-refractivity contribution in [2.24, 2.45) is 0 Å². The highest BCUT2D eigenvalue weighted by atomic mass is 16.5. The van der Waals surface area contributed by atoms with Gasteiger partial charge < -0.3 is 4.74 Å². The minimum atomic E-state index is -0.409. The van der Waals surface area contributed by atoms with Crippen molar-refractivity contribution >= 4 is 5.97 Å². The van der Waals surface area contributed by atoms with Gasteiger partial charge in [-0.3, -0.25) is 14.3 Å². The molecule has 0 aliphatic carbocycles. The van der Waals surface area contributed by atoms with Gasteiger partial charge in [0.15, 0.2) is 0 Å². The lowest BCUT2D eigenvalue weighted by Crippen LogP contribution is -2.30. The van der Waals surface area contributed by atoms with Crippen LogP contribution in [-0.4, -0.2) is 22.1 Å². The van der Waals surface area contributed by atoms with Crippen molar-refractivity contribution in [2.45, 2.75) is 32.2 Å². The highest BCUT2D eigenvalue weighted by Crippen LogP contribution is 2.13. The number of carbonyl (C=O) groups excluding carboxylic acids is 1. The number of H-pyrrole nitrogens is 1. The lowest BCUT2D eigenvalue weighted by molar-refractivity contribution is -0.137. The lowest BCUT2D eigenvalue weighted by atomic mass is 10.1. The molecule has 1 N–H and O–H groups in total. The second kappa shape index (κ2) is 9.42. The SMILES string of the molecule is C=CC(=O)OCCCCCCn1cc(-c2ccccc2)c(=O)[nH]c1=O. The Labute approximate surface area is 145 Å². The molecule has 0 amide bonds. The molecule has 0 saturated carbocycles. The Bertz CT molecular complexity index is 821. The molecule has 6 nitrogen and oxygen atoms in total. The van der Waals surface area contributed by atoms with Crippen molar-refractivity contribution in [1.82, 2.24) is 9.55 Å². The number of unbranched alkanes of at least 4 members (excludes halogenated alkanes) is 3. The zero-order chi connectivity index (χ0) is 18.1. The smallest absolute Gasteiger partial charge is 0.330 e. The topological polar surface area (TPSA) is 81.2 Å². The summed E-state index contributed by atoms with van der Waals surface area (Å²) in [5.74, 6) is -0.409. The van der Waals surface area contributed by atoms with Gasteiger partial charge in [0.05, 0.1) is 12.2 Å². The van der Waals surface area contributed by atoms with E-state index in [1.807, 2.05) is 30.3 Å². The van der Waals surface area contributed by atoms with E-state index in [0.29, 0.717) is 18.7 Å². The van der Waals surface area contributed by atoms with Crippen molar-refractivity contribution in [3.05, 3.63) is 70.0 Å². The summed E-state index contributed by atoms with van der Waals surface area (Å²) in [5.41, 5.74) is 0.485. The van der Waals surface area contributed by atoms with Crippen LogP contribution in [0.4, 0.5) is 0 Å². The third-order valence-electron chi connectivity index (χ3n) is 3.80. The first-order valence-corrected chi connectivity index (χ1v) is 8.30. The molecule has 0 aliphatic rings. The van der Waals surface area contributed by atoms with E-state index in [-0.39, 0.29) is 5.56 Å². The molecule has 1 aromatic carbocycles. The molecule has 0 spiro atoms. The normalized spacial score (nSPS) is 10.4. The molecule has 0 radical (unpaired) electrons. The van der Waals surface area contributed by atoms with Crippen LogP contribution in [0.25, 0.3) is 11.1 Å². The fourth-order valence-corrected chi connectivity index (χ4v) is 2.47. The second-order valence-corrected chi connectivity index (χ2v) is 5.65. The van der Waals surface area contributed by atoms with Crippen LogP contribution >= 0.6 is 0 Å². The monoisotopic (exact) mass is 342 g/mol. The summed E-state index contributed by atoms with van der Waals surface area (Å²) in [6.45, 7) is 4.24. The van der Waals surface area contributed by atoms with Crippen LogP contribution in [0, 0.1) is 0 Å². The van der Waals surface area contributed by atoms with Gasteiger partial charge in [-0.05, 0) is 24.8 Å². The lowest BCUT2D eigenvalue weighted by Gasteiger charge is -2.08. The number of nitrogens with zero attached hydrogens (tertiary/aromatic N) is 1. The van der Waals surface area contributed by atoms with Crippen molar-refractivity contribution in [3.8, 4) is 11.1 Å². The van der Waals surface area contributed by atoms with Gasteiger partial charge in [0, 0.05) is 18.8 Å². The maximum Gasteiger partial charge on any atom is 0.330 e. The quantitative estimate of drug-likeness (QED) is 0.431. The molecule has 25 heavy (non-hydrogen) atoms.